The van der Waals surface area contributed by atoms with Gasteiger partial charge in [0.05, 0.1) is 0 Å². The number of carbonyl (C=O) groups is 1. The van der Waals surface area contributed by atoms with E-state index in [4.69, 9.17) is 0 Å². The highest BCUT2D eigenvalue weighted by Gasteiger charge is 2.21. The van der Waals surface area contributed by atoms with E-state index in [9.17, 15) is 28.1 Å². The molecule has 6 nitrogen and oxygen atoms in total. The topological polar surface area (TPSA) is 85.1 Å². The summed E-state index contributed by atoms with van der Waals surface area (Å²) in [5.74, 6) is -6.01. The van der Waals surface area contributed by atoms with Crippen LogP contribution in [-0.2, 0) is 0 Å². The van der Waals surface area contributed by atoms with Gasteiger partial charge in [-0.3, -0.25) is 10.1 Å². The summed E-state index contributed by atoms with van der Waals surface area (Å²) in [6.07, 6.45) is 0. The van der Waals surface area contributed by atoms with Crippen LogP contribution in [0.4, 0.5) is 24.8 Å². The van der Waals surface area contributed by atoms with Crippen LogP contribution < -0.4 is 5.32 Å². The van der Waals surface area contributed by atoms with Crippen LogP contribution in [0.2, 0.25) is 0 Å². The molecular formula is C12H6F3N3O3. The number of carbonyl (C=O) groups excluding carboxylic acids is 1. The van der Waals surface area contributed by atoms with Gasteiger partial charge < -0.3 is 10.1 Å². The molecule has 1 N–H and O–H groups in total. The molecule has 0 saturated heterocycles. The molecule has 0 bridgehead atoms. The number of hydrogen-bond acceptors (Lipinski definition) is 4. The summed E-state index contributed by atoms with van der Waals surface area (Å²) in [6.45, 7) is 0. The molecule has 21 heavy (non-hydrogen) atoms. The van der Waals surface area contributed by atoms with Crippen molar-refractivity contribution in [1.29, 1.82) is 0 Å². The van der Waals surface area contributed by atoms with Gasteiger partial charge in [0.1, 0.15) is 23.0 Å². The molecule has 1 aromatic carbocycles. The normalized spacial score (nSPS) is 10.2. The third kappa shape index (κ3) is 3.14. The standard InChI is InChI=1S/C12H6F3N3O3/c13-6-4-7(14)11(8(15)5-6)12(19)17-9-2-1-3-10(16-9)18(20)21/h1-5H,(H,16,17,19). The minimum atomic E-state index is -1.39. The van der Waals surface area contributed by atoms with Crippen molar-refractivity contribution in [3.8, 4) is 0 Å². The lowest BCUT2D eigenvalue weighted by Gasteiger charge is -2.04. The smallest absolute Gasteiger partial charge is 0.358 e. The number of nitrogens with one attached hydrogen (secondary N) is 1. The Bertz CT molecular complexity index is 714. The number of halogens is 3. The van der Waals surface area contributed by atoms with Crippen molar-refractivity contribution in [3.05, 3.63) is 63.5 Å². The quantitative estimate of drug-likeness (QED) is 0.697. The summed E-state index contributed by atoms with van der Waals surface area (Å²) in [5, 5.41) is 12.5. The summed E-state index contributed by atoms with van der Waals surface area (Å²) in [6, 6.07) is 4.20. The number of rotatable bonds is 3. The lowest BCUT2D eigenvalue weighted by Crippen LogP contribution is -2.17. The second-order valence-electron chi connectivity index (χ2n) is 3.84. The molecule has 0 aliphatic heterocycles. The van der Waals surface area contributed by atoms with Crippen LogP contribution in [0.5, 0.6) is 0 Å². The molecule has 0 saturated carbocycles. The number of nitrogens with zero attached hydrogens (tertiary/aromatic N) is 2. The number of amides is 1. The van der Waals surface area contributed by atoms with E-state index in [1.807, 2.05) is 5.32 Å². The molecule has 0 spiro atoms. The van der Waals surface area contributed by atoms with Gasteiger partial charge >= 0.3 is 5.82 Å². The van der Waals surface area contributed by atoms with Gasteiger partial charge in [0.15, 0.2) is 0 Å². The van der Waals surface area contributed by atoms with Crippen LogP contribution in [0.25, 0.3) is 0 Å². The predicted molar refractivity (Wildman–Crippen MR) is 65.2 cm³/mol. The molecule has 2 rings (SSSR count). The van der Waals surface area contributed by atoms with E-state index < -0.39 is 39.7 Å². The third-order valence-electron chi connectivity index (χ3n) is 2.40. The molecule has 2 aromatic rings. The van der Waals surface area contributed by atoms with Crippen molar-refractivity contribution in [2.45, 2.75) is 0 Å². The number of benzene rings is 1. The fourth-order valence-corrected chi connectivity index (χ4v) is 1.53. The van der Waals surface area contributed by atoms with E-state index in [-0.39, 0.29) is 5.82 Å². The van der Waals surface area contributed by atoms with Gasteiger partial charge in [0.25, 0.3) is 5.91 Å². The maximum absolute atomic E-state index is 13.4. The van der Waals surface area contributed by atoms with Crippen LogP contribution in [0.15, 0.2) is 30.3 Å². The van der Waals surface area contributed by atoms with Gasteiger partial charge in [-0.15, -0.1) is 0 Å². The third-order valence-corrected chi connectivity index (χ3v) is 2.40. The minimum absolute atomic E-state index is 0.266. The molecule has 1 heterocycles. The van der Waals surface area contributed by atoms with Gasteiger partial charge in [0, 0.05) is 24.3 Å². The maximum Gasteiger partial charge on any atom is 0.365 e. The zero-order chi connectivity index (χ0) is 15.6. The van der Waals surface area contributed by atoms with Gasteiger partial charge in [-0.05, 0) is 16.0 Å². The zero-order valence-electron chi connectivity index (χ0n) is 10.1. The molecular weight excluding hydrogens is 291 g/mol. The average Bonchev–Trinajstić information content (AvgIpc) is 2.37. The Morgan fingerprint density at radius 2 is 1.81 bits per heavy atom. The van der Waals surface area contributed by atoms with Crippen LogP contribution in [0.3, 0.4) is 0 Å². The monoisotopic (exact) mass is 297 g/mol. The Labute approximate surface area is 115 Å². The molecule has 0 fully saturated rings. The van der Waals surface area contributed by atoms with E-state index in [0.29, 0.717) is 12.1 Å². The highest BCUT2D eigenvalue weighted by Crippen LogP contribution is 2.17. The van der Waals surface area contributed by atoms with Crippen molar-refractivity contribution >= 4 is 17.5 Å². The first-order valence-corrected chi connectivity index (χ1v) is 5.46. The van der Waals surface area contributed by atoms with Gasteiger partial charge in [0.2, 0.25) is 5.82 Å². The van der Waals surface area contributed by atoms with Crippen LogP contribution in [0.1, 0.15) is 10.4 Å². The Morgan fingerprint density at radius 1 is 1.19 bits per heavy atom. The molecule has 0 atom stereocenters. The second-order valence-corrected chi connectivity index (χ2v) is 3.84. The Kier molecular flexibility index (Phi) is 3.83. The van der Waals surface area contributed by atoms with E-state index in [1.165, 1.54) is 12.1 Å². The van der Waals surface area contributed by atoms with Gasteiger partial charge in [-0.25, -0.2) is 13.2 Å². The van der Waals surface area contributed by atoms with Crippen LogP contribution >= 0.6 is 0 Å². The van der Waals surface area contributed by atoms with Crippen LogP contribution in [0, 0.1) is 27.6 Å². The van der Waals surface area contributed by atoms with Crippen molar-refractivity contribution in [2.75, 3.05) is 5.32 Å². The molecule has 9 heteroatoms. The van der Waals surface area contributed by atoms with Gasteiger partial charge in [-0.2, -0.15) is 0 Å². The molecule has 0 radical (unpaired) electrons. The van der Waals surface area contributed by atoms with Crippen molar-refractivity contribution in [2.24, 2.45) is 0 Å². The maximum atomic E-state index is 13.4. The summed E-state index contributed by atoms with van der Waals surface area (Å²) >= 11 is 0. The summed E-state index contributed by atoms with van der Waals surface area (Å²) in [7, 11) is 0. The lowest BCUT2D eigenvalue weighted by molar-refractivity contribution is -0.389. The molecule has 1 aromatic heterocycles. The summed E-state index contributed by atoms with van der Waals surface area (Å²) in [5.41, 5.74) is -1.01. The number of pyridine rings is 1. The van der Waals surface area contributed by atoms with E-state index in [1.54, 1.807) is 0 Å². The number of aromatic nitrogens is 1. The van der Waals surface area contributed by atoms with Gasteiger partial charge in [-0.1, -0.05) is 0 Å². The number of nitro groups is 1. The van der Waals surface area contributed by atoms with E-state index >= 15 is 0 Å². The highest BCUT2D eigenvalue weighted by molar-refractivity contribution is 6.04. The second kappa shape index (κ2) is 5.57. The Morgan fingerprint density at radius 3 is 2.38 bits per heavy atom. The highest BCUT2D eigenvalue weighted by atomic mass is 19.1. The minimum Gasteiger partial charge on any atom is -0.358 e. The Balaban J connectivity index is 2.30. The molecule has 0 aliphatic rings. The van der Waals surface area contributed by atoms with Crippen molar-refractivity contribution < 1.29 is 22.9 Å². The van der Waals surface area contributed by atoms with Crippen molar-refractivity contribution in [1.82, 2.24) is 4.98 Å². The predicted octanol–water partition coefficient (Wildman–Crippen LogP) is 2.66. The van der Waals surface area contributed by atoms with E-state index in [0.717, 1.165) is 6.07 Å². The molecule has 108 valence electrons. The first-order chi connectivity index (χ1) is 9.88. The largest absolute Gasteiger partial charge is 0.365 e. The fraction of sp³-hybridized carbons (Fsp3) is 0. The van der Waals surface area contributed by atoms with Crippen LogP contribution in [-0.4, -0.2) is 15.8 Å². The number of anilines is 1. The zero-order valence-corrected chi connectivity index (χ0v) is 10.1. The lowest BCUT2D eigenvalue weighted by atomic mass is 10.2. The number of hydrogen-bond donors (Lipinski definition) is 1. The summed E-state index contributed by atoms with van der Waals surface area (Å²) in [4.78, 5) is 24.9. The van der Waals surface area contributed by atoms with Crippen molar-refractivity contribution in [3.63, 3.8) is 0 Å². The first kappa shape index (κ1) is 14.4. The average molecular weight is 297 g/mol. The SMILES string of the molecule is O=C(Nc1cccc([N+](=O)[O-])n1)c1c(F)cc(F)cc1F. The van der Waals surface area contributed by atoms with E-state index in [2.05, 4.69) is 4.98 Å². The molecule has 1 amide bonds. The Hall–Kier alpha value is -2.97. The molecule has 0 aliphatic carbocycles. The summed E-state index contributed by atoms with van der Waals surface area (Å²) < 4.78 is 39.5. The first-order valence-electron chi connectivity index (χ1n) is 5.46. The fourth-order valence-electron chi connectivity index (χ4n) is 1.53. The molecule has 0 unspecified atom stereocenters.